The van der Waals surface area contributed by atoms with E-state index in [-0.39, 0.29) is 12.2 Å². The molecule has 12 heteroatoms. The number of carbonyl (C=O) groups is 2. The highest BCUT2D eigenvalue weighted by atomic mass is 16.5. The largest absolute Gasteiger partial charge is 0.493 e. The fraction of sp³-hybridized carbons (Fsp3) is 0.414. The molecule has 0 radical (unpaired) electrons. The molecule has 0 unspecified atom stereocenters. The highest BCUT2D eigenvalue weighted by molar-refractivity contribution is 5.95. The minimum atomic E-state index is -1.13. The number of urea groups is 1. The van der Waals surface area contributed by atoms with Gasteiger partial charge in [0, 0.05) is 5.70 Å². The molecule has 4 N–H and O–H groups in total. The molecule has 222 valence electrons. The van der Waals surface area contributed by atoms with Crippen LogP contribution in [0.3, 0.4) is 0 Å². The lowest BCUT2D eigenvalue weighted by Crippen LogP contribution is -2.45. The van der Waals surface area contributed by atoms with Crippen LogP contribution in [0.4, 0.5) is 4.79 Å². The summed E-state index contributed by atoms with van der Waals surface area (Å²) >= 11 is 0. The lowest BCUT2D eigenvalue weighted by Gasteiger charge is -2.28. The maximum absolute atomic E-state index is 12.4. The second-order valence-corrected chi connectivity index (χ2v) is 9.53. The summed E-state index contributed by atoms with van der Waals surface area (Å²) in [6.45, 7) is 8.35. The summed E-state index contributed by atoms with van der Waals surface area (Å²) in [5.41, 5.74) is 4.62. The number of nitrogens with zero attached hydrogens (tertiary/aromatic N) is 1. The van der Waals surface area contributed by atoms with Crippen molar-refractivity contribution < 1.29 is 38.4 Å². The third-order valence-corrected chi connectivity index (χ3v) is 5.87. The summed E-state index contributed by atoms with van der Waals surface area (Å²) in [5.74, 6) is 1.78. The van der Waals surface area contributed by atoms with E-state index in [2.05, 4.69) is 35.0 Å². The number of methoxy groups -OCH3 is 2. The summed E-state index contributed by atoms with van der Waals surface area (Å²) in [4.78, 5) is 24.5. The van der Waals surface area contributed by atoms with Crippen LogP contribution in [0.15, 0.2) is 52.8 Å². The molecule has 1 aliphatic rings. The van der Waals surface area contributed by atoms with Gasteiger partial charge in [-0.1, -0.05) is 19.9 Å². The third-order valence-electron chi connectivity index (χ3n) is 5.87. The Kier molecular flexibility index (Phi) is 11.2. The number of hydrazone groups is 1. The van der Waals surface area contributed by atoms with Crippen molar-refractivity contribution in [2.24, 2.45) is 11.0 Å². The normalized spacial score (nSPS) is 15.7. The smallest absolute Gasteiger partial charge is 0.337 e. The molecule has 12 nitrogen and oxygen atoms in total. The van der Waals surface area contributed by atoms with E-state index in [1.807, 2.05) is 19.1 Å². The molecular formula is C29H38N4O8. The van der Waals surface area contributed by atoms with Crippen LogP contribution in [0.25, 0.3) is 0 Å². The van der Waals surface area contributed by atoms with E-state index in [0.717, 1.165) is 5.56 Å². The number of ether oxygens (including phenoxy) is 5. The molecule has 0 spiro atoms. The maximum atomic E-state index is 12.4. The molecule has 2 aromatic carbocycles. The molecule has 2 aromatic rings. The Morgan fingerprint density at radius 3 is 2.44 bits per heavy atom. The van der Waals surface area contributed by atoms with Gasteiger partial charge in [-0.3, -0.25) is 5.43 Å². The van der Waals surface area contributed by atoms with E-state index < -0.39 is 24.3 Å². The van der Waals surface area contributed by atoms with Crippen LogP contribution >= 0.6 is 0 Å². The Morgan fingerprint density at radius 2 is 1.76 bits per heavy atom. The number of aliphatic hydroxyl groups excluding tert-OH is 1. The zero-order chi connectivity index (χ0) is 29.9. The lowest BCUT2D eigenvalue weighted by atomic mass is 9.95. The summed E-state index contributed by atoms with van der Waals surface area (Å²) in [6.07, 6.45) is 0.413. The van der Waals surface area contributed by atoms with Gasteiger partial charge in [-0.25, -0.2) is 9.59 Å². The zero-order valence-electron chi connectivity index (χ0n) is 24.1. The zero-order valence-corrected chi connectivity index (χ0v) is 24.1. The first-order valence-corrected chi connectivity index (χ1v) is 13.2. The van der Waals surface area contributed by atoms with Gasteiger partial charge in [-0.05, 0) is 61.2 Å². The Morgan fingerprint density at radius 1 is 1.05 bits per heavy atom. The van der Waals surface area contributed by atoms with Crippen LogP contribution in [0.1, 0.15) is 44.9 Å². The van der Waals surface area contributed by atoms with E-state index in [0.29, 0.717) is 53.4 Å². The second kappa shape index (κ2) is 14.8. The molecule has 1 heterocycles. The van der Waals surface area contributed by atoms with Gasteiger partial charge in [0.2, 0.25) is 0 Å². The average Bonchev–Trinajstić information content (AvgIpc) is 2.95. The number of allylic oxidation sites excluding steroid dienone is 1. The van der Waals surface area contributed by atoms with E-state index in [1.54, 1.807) is 44.5 Å². The molecule has 2 atom stereocenters. The third kappa shape index (κ3) is 8.52. The first-order valence-electron chi connectivity index (χ1n) is 13.2. The molecule has 3 rings (SSSR count). The van der Waals surface area contributed by atoms with Crippen molar-refractivity contribution in [2.75, 3.05) is 34.0 Å². The quantitative estimate of drug-likeness (QED) is 0.116. The molecule has 0 aliphatic carbocycles. The molecular weight excluding hydrogens is 532 g/mol. The minimum absolute atomic E-state index is 0.140. The lowest BCUT2D eigenvalue weighted by molar-refractivity contribution is -0.136. The molecule has 41 heavy (non-hydrogen) atoms. The van der Waals surface area contributed by atoms with Gasteiger partial charge in [0.05, 0.1) is 45.3 Å². The van der Waals surface area contributed by atoms with Gasteiger partial charge in [0.25, 0.3) is 0 Å². The van der Waals surface area contributed by atoms with Gasteiger partial charge < -0.3 is 39.4 Å². The van der Waals surface area contributed by atoms with E-state index in [1.165, 1.54) is 7.11 Å². The predicted octanol–water partition coefficient (Wildman–Crippen LogP) is 3.25. The van der Waals surface area contributed by atoms with Gasteiger partial charge in [-0.2, -0.15) is 5.10 Å². The molecule has 0 saturated carbocycles. The van der Waals surface area contributed by atoms with Crippen molar-refractivity contribution in [3.8, 4) is 23.0 Å². The first-order chi connectivity index (χ1) is 19.7. The highest BCUT2D eigenvalue weighted by Gasteiger charge is 2.32. The van der Waals surface area contributed by atoms with Crippen LogP contribution in [0, 0.1) is 5.92 Å². The van der Waals surface area contributed by atoms with E-state index in [9.17, 15) is 14.7 Å². The van der Waals surface area contributed by atoms with Crippen molar-refractivity contribution in [1.29, 1.82) is 0 Å². The van der Waals surface area contributed by atoms with Crippen LogP contribution in [-0.2, 0) is 9.53 Å². The number of rotatable bonds is 14. The van der Waals surface area contributed by atoms with Crippen LogP contribution in [-0.4, -0.2) is 63.6 Å². The van der Waals surface area contributed by atoms with Crippen LogP contribution in [0.5, 0.6) is 23.0 Å². The molecule has 0 fully saturated rings. The Labute approximate surface area is 239 Å². The van der Waals surface area contributed by atoms with Crippen molar-refractivity contribution in [3.05, 3.63) is 58.8 Å². The van der Waals surface area contributed by atoms with Crippen molar-refractivity contribution in [3.63, 3.8) is 0 Å². The number of benzene rings is 2. The van der Waals surface area contributed by atoms with Crippen molar-refractivity contribution >= 4 is 18.2 Å². The Balaban J connectivity index is 1.65. The maximum Gasteiger partial charge on any atom is 0.337 e. The number of carbonyl (C=O) groups excluding carboxylic acids is 2. The average molecular weight is 571 g/mol. The number of hydrogen-bond acceptors (Lipinski definition) is 10. The summed E-state index contributed by atoms with van der Waals surface area (Å²) < 4.78 is 27.6. The Bertz CT molecular complexity index is 1280. The fourth-order valence-corrected chi connectivity index (χ4v) is 3.96. The minimum Gasteiger partial charge on any atom is -0.493 e. The van der Waals surface area contributed by atoms with Crippen LogP contribution < -0.4 is 35.0 Å². The first kappa shape index (κ1) is 31.1. The van der Waals surface area contributed by atoms with Crippen molar-refractivity contribution in [2.45, 2.75) is 40.0 Å². The van der Waals surface area contributed by atoms with Gasteiger partial charge in [0.15, 0.2) is 29.2 Å². The number of esters is 1. The van der Waals surface area contributed by atoms with Crippen molar-refractivity contribution in [1.82, 2.24) is 16.1 Å². The van der Waals surface area contributed by atoms with E-state index >= 15 is 0 Å². The number of amides is 2. The van der Waals surface area contributed by atoms with Gasteiger partial charge in [0.1, 0.15) is 6.61 Å². The molecule has 0 saturated heterocycles. The Hall–Kier alpha value is -4.45. The predicted molar refractivity (Wildman–Crippen MR) is 152 cm³/mol. The fourth-order valence-electron chi connectivity index (χ4n) is 3.96. The monoisotopic (exact) mass is 570 g/mol. The number of nitrogens with one attached hydrogen (secondary N) is 3. The summed E-state index contributed by atoms with van der Waals surface area (Å²) in [7, 11) is 2.84. The second-order valence-electron chi connectivity index (χ2n) is 9.53. The SMILES string of the molecule is CCOc1cc([C@@H]2NC(=O)NC(C)=C2C(=O)OC)ccc1OC[C@H](O)N/N=C\c1ccc(OCC(C)C)c(OC)c1. The summed E-state index contributed by atoms with van der Waals surface area (Å²) in [5, 5.41) is 19.8. The molecule has 0 bridgehead atoms. The summed E-state index contributed by atoms with van der Waals surface area (Å²) in [6, 6.07) is 9.24. The molecule has 0 aromatic heterocycles. The number of hydrogen-bond donors (Lipinski definition) is 4. The van der Waals surface area contributed by atoms with E-state index in [4.69, 9.17) is 23.7 Å². The van der Waals surface area contributed by atoms with Crippen LogP contribution in [0.2, 0.25) is 0 Å². The molecule has 2 amide bonds. The highest BCUT2D eigenvalue weighted by Crippen LogP contribution is 2.35. The van der Waals surface area contributed by atoms with Gasteiger partial charge >= 0.3 is 12.0 Å². The topological polar surface area (TPSA) is 149 Å². The standard InChI is InChI=1S/C29H38N4O8/c1-7-39-24-13-20(27-26(28(35)38-6)18(4)31-29(36)32-27)9-11-22(24)41-16-25(34)33-30-14-19-8-10-21(23(12-19)37-5)40-15-17(2)3/h8-14,17,25,27,33-34H,7,15-16H2,1-6H3,(H2,31,32,36)/b30-14-/t25-,27-/m0/s1. The number of aliphatic hydroxyl groups is 1. The molecule has 1 aliphatic heterocycles. The van der Waals surface area contributed by atoms with Gasteiger partial charge in [-0.15, -0.1) is 0 Å².